The number of carbonyl (C=O) groups excluding carboxylic acids is 1. The summed E-state index contributed by atoms with van der Waals surface area (Å²) in [5.41, 5.74) is 1.61. The first-order valence-electron chi connectivity index (χ1n) is 9.83. The maximum Gasteiger partial charge on any atom is 0.264 e. The Balaban J connectivity index is 1.91. The van der Waals surface area contributed by atoms with Gasteiger partial charge in [0.1, 0.15) is 0 Å². The van der Waals surface area contributed by atoms with Crippen molar-refractivity contribution in [2.75, 3.05) is 18.4 Å². The number of amides is 1. The lowest BCUT2D eigenvalue weighted by Crippen LogP contribution is -2.46. The fourth-order valence-electron chi connectivity index (χ4n) is 3.86. The van der Waals surface area contributed by atoms with Crippen molar-refractivity contribution in [2.45, 2.75) is 49.6 Å². The molecule has 0 aliphatic heterocycles. The number of likely N-dealkylation sites (N-methyl/N-ethyl adjacent to an activating group) is 1. The molecule has 2 atom stereocenters. The summed E-state index contributed by atoms with van der Waals surface area (Å²) in [6, 6.07) is 13.1. The molecule has 0 unspecified atom stereocenters. The van der Waals surface area contributed by atoms with Crippen molar-refractivity contribution >= 4 is 21.6 Å². The summed E-state index contributed by atoms with van der Waals surface area (Å²) >= 11 is 0. The maximum absolute atomic E-state index is 13.0. The molecule has 6 nitrogen and oxygen atoms in total. The van der Waals surface area contributed by atoms with Crippen molar-refractivity contribution in [3.8, 4) is 0 Å². The molecule has 2 aromatic carbocycles. The van der Waals surface area contributed by atoms with E-state index in [1.165, 1.54) is 11.4 Å². The Bertz CT molecular complexity index is 976. The number of hydrogen-bond acceptors (Lipinski definition) is 4. The van der Waals surface area contributed by atoms with Crippen LogP contribution >= 0.6 is 0 Å². The van der Waals surface area contributed by atoms with E-state index in [-0.39, 0.29) is 16.8 Å². The third-order valence-corrected chi connectivity index (χ3v) is 7.49. The van der Waals surface area contributed by atoms with E-state index in [9.17, 15) is 18.3 Å². The van der Waals surface area contributed by atoms with Gasteiger partial charge >= 0.3 is 0 Å². The lowest BCUT2D eigenvalue weighted by molar-refractivity contribution is 0.0268. The molecule has 0 heterocycles. The highest BCUT2D eigenvalue weighted by atomic mass is 32.2. The number of aliphatic hydroxyl groups excluding tert-OH is 1. The minimum atomic E-state index is -3.74. The second kappa shape index (κ2) is 8.55. The standard InChI is InChI=1S/C22H28N2O4S/c1-16-13-14-17(22(26)23(2)19-11-7-8-12-21(19)25)15-20(16)24(3)29(27,28)18-9-5-4-6-10-18/h4-6,9-10,13-15,19,21,25H,7-8,11-12H2,1-3H3/t19-,21-/m1/s1. The minimum Gasteiger partial charge on any atom is -0.391 e. The number of benzene rings is 2. The van der Waals surface area contributed by atoms with E-state index in [0.29, 0.717) is 17.7 Å². The third-order valence-electron chi connectivity index (χ3n) is 5.71. The van der Waals surface area contributed by atoms with Gasteiger partial charge in [-0.3, -0.25) is 9.10 Å². The molecule has 1 saturated carbocycles. The van der Waals surface area contributed by atoms with Crippen molar-refractivity contribution in [3.05, 3.63) is 59.7 Å². The first-order valence-corrected chi connectivity index (χ1v) is 11.3. The lowest BCUT2D eigenvalue weighted by atomic mass is 9.91. The molecule has 1 N–H and O–H groups in total. The van der Waals surface area contributed by atoms with Crippen LogP contribution in [0.2, 0.25) is 0 Å². The summed E-state index contributed by atoms with van der Waals surface area (Å²) in [6.45, 7) is 1.81. The van der Waals surface area contributed by atoms with E-state index >= 15 is 0 Å². The van der Waals surface area contributed by atoms with Crippen LogP contribution in [0.1, 0.15) is 41.6 Å². The Morgan fingerprint density at radius 2 is 1.69 bits per heavy atom. The Morgan fingerprint density at radius 1 is 1.03 bits per heavy atom. The largest absolute Gasteiger partial charge is 0.391 e. The summed E-state index contributed by atoms with van der Waals surface area (Å²) in [5, 5.41) is 10.3. The normalized spacial score (nSPS) is 19.6. The van der Waals surface area contributed by atoms with Gasteiger partial charge in [-0.2, -0.15) is 0 Å². The van der Waals surface area contributed by atoms with Crippen molar-refractivity contribution in [2.24, 2.45) is 0 Å². The molecule has 0 spiro atoms. The van der Waals surface area contributed by atoms with Crippen LogP contribution in [0, 0.1) is 6.92 Å². The van der Waals surface area contributed by atoms with Crippen LogP contribution in [0.5, 0.6) is 0 Å². The van der Waals surface area contributed by atoms with Gasteiger partial charge in [-0.05, 0) is 49.6 Å². The monoisotopic (exact) mass is 416 g/mol. The summed E-state index contributed by atoms with van der Waals surface area (Å²) in [4.78, 5) is 14.8. The molecule has 1 fully saturated rings. The van der Waals surface area contributed by atoms with Crippen LogP contribution in [0.3, 0.4) is 0 Å². The SMILES string of the molecule is Cc1ccc(C(=O)N(C)[C@@H]2CCCC[C@H]2O)cc1N(C)S(=O)(=O)c1ccccc1. The van der Waals surface area contributed by atoms with E-state index in [1.807, 2.05) is 6.92 Å². The highest BCUT2D eigenvalue weighted by Gasteiger charge is 2.30. The van der Waals surface area contributed by atoms with E-state index < -0.39 is 16.1 Å². The number of carbonyl (C=O) groups is 1. The quantitative estimate of drug-likeness (QED) is 0.812. The van der Waals surface area contributed by atoms with Crippen LogP contribution in [0.25, 0.3) is 0 Å². The number of rotatable bonds is 5. The predicted octanol–water partition coefficient (Wildman–Crippen LogP) is 3.20. The van der Waals surface area contributed by atoms with Gasteiger partial charge in [-0.15, -0.1) is 0 Å². The molecular weight excluding hydrogens is 388 g/mol. The van der Waals surface area contributed by atoms with Crippen molar-refractivity contribution in [1.82, 2.24) is 4.90 Å². The molecule has 0 aromatic heterocycles. The van der Waals surface area contributed by atoms with Gasteiger partial charge in [0.15, 0.2) is 0 Å². The zero-order chi connectivity index (χ0) is 21.2. The summed E-state index contributed by atoms with van der Waals surface area (Å²) in [7, 11) is -0.545. The molecule has 1 aliphatic rings. The lowest BCUT2D eigenvalue weighted by Gasteiger charge is -2.35. The number of aryl methyl sites for hydroxylation is 1. The Kier molecular flexibility index (Phi) is 6.29. The van der Waals surface area contributed by atoms with Crippen molar-refractivity contribution in [1.29, 1.82) is 0 Å². The molecule has 2 aromatic rings. The van der Waals surface area contributed by atoms with Crippen LogP contribution in [0.4, 0.5) is 5.69 Å². The van der Waals surface area contributed by atoms with Crippen molar-refractivity contribution < 1.29 is 18.3 Å². The zero-order valence-electron chi connectivity index (χ0n) is 17.1. The smallest absolute Gasteiger partial charge is 0.264 e. The molecule has 1 aliphatic carbocycles. The summed E-state index contributed by atoms with van der Waals surface area (Å²) in [6.07, 6.45) is 2.89. The van der Waals surface area contributed by atoms with Gasteiger partial charge in [0.05, 0.1) is 22.7 Å². The van der Waals surface area contributed by atoms with Crippen LogP contribution in [0.15, 0.2) is 53.4 Å². The first-order chi connectivity index (χ1) is 13.7. The molecule has 29 heavy (non-hydrogen) atoms. The van der Waals surface area contributed by atoms with E-state index in [2.05, 4.69) is 0 Å². The number of aliphatic hydroxyl groups is 1. The Hall–Kier alpha value is -2.38. The second-order valence-electron chi connectivity index (χ2n) is 7.62. The van der Waals surface area contributed by atoms with Gasteiger partial charge in [-0.1, -0.05) is 37.1 Å². The molecule has 1 amide bonds. The van der Waals surface area contributed by atoms with Gasteiger partial charge in [0.25, 0.3) is 15.9 Å². The molecule has 0 saturated heterocycles. The zero-order valence-corrected chi connectivity index (χ0v) is 17.9. The Labute approximate surface area is 172 Å². The van der Waals surface area contributed by atoms with E-state index in [4.69, 9.17) is 0 Å². The Morgan fingerprint density at radius 3 is 2.34 bits per heavy atom. The fourth-order valence-corrected chi connectivity index (χ4v) is 5.13. The van der Waals surface area contributed by atoms with E-state index in [0.717, 1.165) is 24.8 Å². The van der Waals surface area contributed by atoms with Gasteiger partial charge in [0, 0.05) is 19.7 Å². The minimum absolute atomic E-state index is 0.195. The highest BCUT2D eigenvalue weighted by molar-refractivity contribution is 7.92. The number of hydrogen-bond donors (Lipinski definition) is 1. The van der Waals surface area contributed by atoms with Gasteiger partial charge in [0.2, 0.25) is 0 Å². The van der Waals surface area contributed by atoms with Gasteiger partial charge in [-0.25, -0.2) is 8.42 Å². The first kappa shape index (κ1) is 21.3. The molecule has 0 bridgehead atoms. The third kappa shape index (κ3) is 4.31. The average molecular weight is 417 g/mol. The molecule has 156 valence electrons. The number of nitrogens with zero attached hydrogens (tertiary/aromatic N) is 2. The summed E-state index contributed by atoms with van der Waals surface area (Å²) in [5.74, 6) is -0.220. The van der Waals surface area contributed by atoms with Gasteiger partial charge < -0.3 is 10.0 Å². The average Bonchev–Trinajstić information content (AvgIpc) is 2.73. The molecular formula is C22H28N2O4S. The number of anilines is 1. The molecule has 0 radical (unpaired) electrons. The maximum atomic E-state index is 13.0. The number of sulfonamides is 1. The van der Waals surface area contributed by atoms with Crippen LogP contribution in [-0.4, -0.2) is 50.6 Å². The van der Waals surface area contributed by atoms with Crippen LogP contribution < -0.4 is 4.31 Å². The predicted molar refractivity (Wildman–Crippen MR) is 114 cm³/mol. The topological polar surface area (TPSA) is 77.9 Å². The molecule has 7 heteroatoms. The fraction of sp³-hybridized carbons (Fsp3) is 0.409. The highest BCUT2D eigenvalue weighted by Crippen LogP contribution is 2.28. The van der Waals surface area contributed by atoms with E-state index in [1.54, 1.807) is 60.5 Å². The van der Waals surface area contributed by atoms with Crippen molar-refractivity contribution in [3.63, 3.8) is 0 Å². The van der Waals surface area contributed by atoms with Crippen LogP contribution in [-0.2, 0) is 10.0 Å². The summed E-state index contributed by atoms with van der Waals surface area (Å²) < 4.78 is 27.2. The second-order valence-corrected chi connectivity index (χ2v) is 9.59. The molecule has 3 rings (SSSR count).